The molecule has 0 fully saturated rings. The van der Waals surface area contributed by atoms with Crippen LogP contribution in [0.15, 0.2) is 0 Å². The monoisotopic (exact) mass is 296 g/mol. The third-order valence-corrected chi connectivity index (χ3v) is 4.56. The van der Waals surface area contributed by atoms with Gasteiger partial charge in [0, 0.05) is 4.88 Å². The molecule has 0 saturated heterocycles. The number of nitrogens with one attached hydrogen (secondary N) is 2. The lowest BCUT2D eigenvalue weighted by molar-refractivity contribution is -0.115. The van der Waals surface area contributed by atoms with Gasteiger partial charge in [-0.2, -0.15) is 0 Å². The summed E-state index contributed by atoms with van der Waals surface area (Å²) in [5, 5.41) is 6.43. The Balaban J connectivity index is 2.25. The van der Waals surface area contributed by atoms with Crippen molar-refractivity contribution < 1.29 is 14.3 Å². The number of fused-ring (bicyclic) bond motifs is 1. The first-order valence-electron chi connectivity index (χ1n) is 6.90. The van der Waals surface area contributed by atoms with Crippen LogP contribution in [-0.4, -0.2) is 32.1 Å². The molecule has 0 bridgehead atoms. The van der Waals surface area contributed by atoms with Gasteiger partial charge in [-0.05, 0) is 37.8 Å². The molecule has 0 unspecified atom stereocenters. The van der Waals surface area contributed by atoms with E-state index in [1.165, 1.54) is 23.3 Å². The summed E-state index contributed by atoms with van der Waals surface area (Å²) in [7, 11) is 1.37. The summed E-state index contributed by atoms with van der Waals surface area (Å²) in [5.74, 6) is -0.487. The van der Waals surface area contributed by atoms with Gasteiger partial charge in [-0.3, -0.25) is 4.79 Å². The predicted octanol–water partition coefficient (Wildman–Crippen LogP) is 1.96. The molecule has 1 aromatic rings. The minimum absolute atomic E-state index is 0.129. The molecule has 1 amide bonds. The molecule has 0 spiro atoms. The Hall–Kier alpha value is -1.40. The first-order valence-corrected chi connectivity index (χ1v) is 7.72. The van der Waals surface area contributed by atoms with E-state index in [0.717, 1.165) is 37.8 Å². The standard InChI is InChI=1S/C14H20N2O3S/c1-3-15-8-11(17)16-13-12(14(18)19-2)9-6-4-5-7-10(9)20-13/h15H,3-8H2,1-2H3,(H,16,17). The Kier molecular flexibility index (Phi) is 5.14. The third kappa shape index (κ3) is 3.19. The normalized spacial score (nSPS) is 13.7. The van der Waals surface area contributed by atoms with E-state index in [2.05, 4.69) is 10.6 Å². The molecule has 0 atom stereocenters. The average Bonchev–Trinajstić information content (AvgIpc) is 2.82. The lowest BCUT2D eigenvalue weighted by Crippen LogP contribution is -2.28. The zero-order valence-electron chi connectivity index (χ0n) is 11.9. The van der Waals surface area contributed by atoms with E-state index < -0.39 is 0 Å². The van der Waals surface area contributed by atoms with E-state index in [1.807, 2.05) is 6.92 Å². The van der Waals surface area contributed by atoms with Crippen molar-refractivity contribution in [1.29, 1.82) is 0 Å². The molecule has 0 saturated carbocycles. The van der Waals surface area contributed by atoms with Gasteiger partial charge in [-0.15, -0.1) is 11.3 Å². The Morgan fingerprint density at radius 3 is 2.75 bits per heavy atom. The molecule has 0 radical (unpaired) electrons. The van der Waals surface area contributed by atoms with Crippen molar-refractivity contribution in [1.82, 2.24) is 5.32 Å². The number of amides is 1. The molecule has 6 heteroatoms. The lowest BCUT2D eigenvalue weighted by Gasteiger charge is -2.11. The number of hydrogen-bond acceptors (Lipinski definition) is 5. The molecule has 2 N–H and O–H groups in total. The first-order chi connectivity index (χ1) is 9.67. The molecular weight excluding hydrogens is 276 g/mol. The number of carbonyl (C=O) groups is 2. The van der Waals surface area contributed by atoms with Crippen LogP contribution in [0, 0.1) is 0 Å². The maximum Gasteiger partial charge on any atom is 0.341 e. The second-order valence-electron chi connectivity index (χ2n) is 4.74. The highest BCUT2D eigenvalue weighted by Crippen LogP contribution is 2.38. The van der Waals surface area contributed by atoms with Crippen molar-refractivity contribution in [2.24, 2.45) is 0 Å². The Bertz CT molecular complexity index is 511. The van der Waals surface area contributed by atoms with Crippen LogP contribution < -0.4 is 10.6 Å². The highest BCUT2D eigenvalue weighted by Gasteiger charge is 2.26. The number of likely N-dealkylation sites (N-methyl/N-ethyl adjacent to an activating group) is 1. The first kappa shape index (κ1) is 15.0. The fourth-order valence-electron chi connectivity index (χ4n) is 2.38. The van der Waals surface area contributed by atoms with E-state index in [0.29, 0.717) is 10.6 Å². The number of esters is 1. The van der Waals surface area contributed by atoms with Crippen LogP contribution in [-0.2, 0) is 22.4 Å². The highest BCUT2D eigenvalue weighted by molar-refractivity contribution is 7.17. The van der Waals surface area contributed by atoms with Crippen molar-refractivity contribution in [3.05, 3.63) is 16.0 Å². The number of hydrogen-bond donors (Lipinski definition) is 2. The van der Waals surface area contributed by atoms with E-state index in [4.69, 9.17) is 4.74 Å². The van der Waals surface area contributed by atoms with Gasteiger partial charge >= 0.3 is 5.97 Å². The summed E-state index contributed by atoms with van der Waals surface area (Å²) in [6.07, 6.45) is 4.09. The van der Waals surface area contributed by atoms with Crippen molar-refractivity contribution in [3.63, 3.8) is 0 Å². The summed E-state index contributed by atoms with van der Waals surface area (Å²) in [5.41, 5.74) is 1.61. The number of rotatable bonds is 5. The van der Waals surface area contributed by atoms with Crippen LogP contribution in [0.1, 0.15) is 40.6 Å². The zero-order valence-corrected chi connectivity index (χ0v) is 12.7. The van der Waals surface area contributed by atoms with Gasteiger partial charge in [-0.25, -0.2) is 4.79 Å². The Labute approximate surface area is 122 Å². The number of aryl methyl sites for hydroxylation is 1. The van der Waals surface area contributed by atoms with Crippen LogP contribution in [0.4, 0.5) is 5.00 Å². The number of carbonyl (C=O) groups excluding carboxylic acids is 2. The maximum absolute atomic E-state index is 12.0. The van der Waals surface area contributed by atoms with Crippen molar-refractivity contribution in [3.8, 4) is 0 Å². The smallest absolute Gasteiger partial charge is 0.341 e. The molecule has 0 aliphatic heterocycles. The minimum Gasteiger partial charge on any atom is -0.465 e. The molecule has 1 aliphatic carbocycles. The fourth-order valence-corrected chi connectivity index (χ4v) is 3.67. The van der Waals surface area contributed by atoms with Gasteiger partial charge in [0.1, 0.15) is 5.00 Å². The van der Waals surface area contributed by atoms with Gasteiger partial charge < -0.3 is 15.4 Å². The van der Waals surface area contributed by atoms with Crippen LogP contribution >= 0.6 is 11.3 Å². The number of thiophene rings is 1. The third-order valence-electron chi connectivity index (χ3n) is 3.35. The van der Waals surface area contributed by atoms with Gasteiger partial charge in [0.15, 0.2) is 0 Å². The second kappa shape index (κ2) is 6.85. The SMILES string of the molecule is CCNCC(=O)Nc1sc2c(c1C(=O)OC)CCCC2. The quantitative estimate of drug-likeness (QED) is 0.815. The highest BCUT2D eigenvalue weighted by atomic mass is 32.1. The summed E-state index contributed by atoms with van der Waals surface area (Å²) < 4.78 is 4.86. The molecule has 110 valence electrons. The molecular formula is C14H20N2O3S. The molecule has 2 rings (SSSR count). The zero-order chi connectivity index (χ0) is 14.5. The summed E-state index contributed by atoms with van der Waals surface area (Å²) in [6.45, 7) is 2.93. The van der Waals surface area contributed by atoms with Crippen molar-refractivity contribution >= 4 is 28.2 Å². The van der Waals surface area contributed by atoms with Crippen molar-refractivity contribution in [2.45, 2.75) is 32.6 Å². The van der Waals surface area contributed by atoms with E-state index >= 15 is 0 Å². The van der Waals surface area contributed by atoms with E-state index in [9.17, 15) is 9.59 Å². The van der Waals surface area contributed by atoms with Crippen LogP contribution in [0.2, 0.25) is 0 Å². The van der Waals surface area contributed by atoms with Gasteiger partial charge in [0.25, 0.3) is 0 Å². The van der Waals surface area contributed by atoms with Crippen LogP contribution in [0.25, 0.3) is 0 Å². The Morgan fingerprint density at radius 2 is 2.05 bits per heavy atom. The largest absolute Gasteiger partial charge is 0.465 e. The lowest BCUT2D eigenvalue weighted by atomic mass is 9.95. The molecule has 1 aromatic heterocycles. The summed E-state index contributed by atoms with van der Waals surface area (Å²) in [6, 6.07) is 0. The number of ether oxygens (including phenoxy) is 1. The number of methoxy groups -OCH3 is 1. The fraction of sp³-hybridized carbons (Fsp3) is 0.571. The van der Waals surface area contributed by atoms with Crippen molar-refractivity contribution in [2.75, 3.05) is 25.5 Å². The molecule has 5 nitrogen and oxygen atoms in total. The van der Waals surface area contributed by atoms with Gasteiger partial charge in [0.2, 0.25) is 5.91 Å². The molecule has 20 heavy (non-hydrogen) atoms. The second-order valence-corrected chi connectivity index (χ2v) is 5.84. The topological polar surface area (TPSA) is 67.4 Å². The van der Waals surface area contributed by atoms with E-state index in [-0.39, 0.29) is 18.4 Å². The van der Waals surface area contributed by atoms with E-state index in [1.54, 1.807) is 0 Å². The maximum atomic E-state index is 12.0. The molecule has 1 aliphatic rings. The number of anilines is 1. The molecule has 1 heterocycles. The van der Waals surface area contributed by atoms with Gasteiger partial charge in [0.05, 0.1) is 19.2 Å². The molecule has 0 aromatic carbocycles. The minimum atomic E-state index is -0.358. The Morgan fingerprint density at radius 1 is 1.30 bits per heavy atom. The summed E-state index contributed by atoms with van der Waals surface area (Å²) >= 11 is 1.51. The summed E-state index contributed by atoms with van der Waals surface area (Å²) in [4.78, 5) is 25.0. The average molecular weight is 296 g/mol. The van der Waals surface area contributed by atoms with Gasteiger partial charge in [-0.1, -0.05) is 6.92 Å². The van der Waals surface area contributed by atoms with Crippen LogP contribution in [0.3, 0.4) is 0 Å². The van der Waals surface area contributed by atoms with Crippen LogP contribution in [0.5, 0.6) is 0 Å². The predicted molar refractivity (Wildman–Crippen MR) is 79.5 cm³/mol.